The quantitative estimate of drug-likeness (QED) is 0.340. The number of Topliss-reactive ketones (excluding diaryl/α,β-unsaturated/α-hetero) is 1. The fraction of sp³-hybridized carbons (Fsp3) is 0.364. The number of carbonyl (C=O) groups excluding carboxylic acids is 2. The number of amides is 1. The van der Waals surface area contributed by atoms with Crippen LogP contribution < -0.4 is 5.32 Å². The lowest BCUT2D eigenvalue weighted by molar-refractivity contribution is -0.113. The lowest BCUT2D eigenvalue weighted by Crippen LogP contribution is -2.15. The van der Waals surface area contributed by atoms with Crippen LogP contribution in [0.3, 0.4) is 0 Å². The van der Waals surface area contributed by atoms with Gasteiger partial charge in [0.2, 0.25) is 5.91 Å². The molecule has 2 heterocycles. The molecule has 0 aliphatic carbocycles. The van der Waals surface area contributed by atoms with Gasteiger partial charge < -0.3 is 9.88 Å². The van der Waals surface area contributed by atoms with Crippen molar-refractivity contribution in [3.8, 4) is 11.4 Å². The van der Waals surface area contributed by atoms with Crippen molar-refractivity contribution in [1.29, 1.82) is 0 Å². The second-order valence-corrected chi connectivity index (χ2v) is 8.92. The van der Waals surface area contributed by atoms with Gasteiger partial charge in [-0.1, -0.05) is 44.2 Å². The number of thiophene rings is 1. The van der Waals surface area contributed by atoms with Gasteiger partial charge in [-0.25, -0.2) is 0 Å². The summed E-state index contributed by atoms with van der Waals surface area (Å²) in [4.78, 5) is 25.3. The minimum absolute atomic E-state index is 0.0313. The number of aryl methyl sites for hydroxylation is 1. The number of ketones is 1. The van der Waals surface area contributed by atoms with Crippen molar-refractivity contribution < 1.29 is 9.59 Å². The molecule has 8 heteroatoms. The predicted octanol–water partition coefficient (Wildman–Crippen LogP) is 5.30. The minimum Gasteiger partial charge on any atom is -0.325 e. The van der Waals surface area contributed by atoms with E-state index in [2.05, 4.69) is 45.4 Å². The Morgan fingerprint density at radius 3 is 2.73 bits per heavy atom. The molecule has 0 unspecified atom stereocenters. The van der Waals surface area contributed by atoms with Crippen LogP contribution in [0.2, 0.25) is 0 Å². The molecular formula is C22H26N4O2S2. The highest BCUT2D eigenvalue weighted by atomic mass is 32.2. The number of nitrogens with one attached hydrogen (secondary N) is 1. The molecule has 2 aromatic heterocycles. The van der Waals surface area contributed by atoms with E-state index in [0.29, 0.717) is 11.3 Å². The van der Waals surface area contributed by atoms with Crippen LogP contribution in [0.15, 0.2) is 40.9 Å². The van der Waals surface area contributed by atoms with E-state index in [-0.39, 0.29) is 17.4 Å². The summed E-state index contributed by atoms with van der Waals surface area (Å²) in [5.41, 5.74) is 2.28. The van der Waals surface area contributed by atoms with Crippen LogP contribution in [0.5, 0.6) is 0 Å². The fourth-order valence-corrected chi connectivity index (χ4v) is 4.79. The molecule has 0 saturated carbocycles. The molecule has 3 aromatic rings. The van der Waals surface area contributed by atoms with Crippen LogP contribution in [-0.4, -0.2) is 32.2 Å². The van der Waals surface area contributed by atoms with Crippen LogP contribution in [0, 0.1) is 0 Å². The smallest absolute Gasteiger partial charge is 0.234 e. The number of anilines is 1. The molecule has 0 aliphatic rings. The van der Waals surface area contributed by atoms with Crippen LogP contribution in [0.25, 0.3) is 11.4 Å². The summed E-state index contributed by atoms with van der Waals surface area (Å²) in [5, 5.41) is 14.5. The second kappa shape index (κ2) is 10.5. The summed E-state index contributed by atoms with van der Waals surface area (Å²) in [7, 11) is 0. The lowest BCUT2D eigenvalue weighted by atomic mass is 10.1. The summed E-state index contributed by atoms with van der Waals surface area (Å²) in [6.45, 7) is 6.59. The predicted molar refractivity (Wildman–Crippen MR) is 123 cm³/mol. The van der Waals surface area contributed by atoms with Crippen molar-refractivity contribution in [3.05, 3.63) is 46.2 Å². The van der Waals surface area contributed by atoms with Crippen molar-refractivity contribution in [2.75, 3.05) is 11.1 Å². The zero-order valence-electron chi connectivity index (χ0n) is 17.5. The minimum atomic E-state index is -0.144. The maximum absolute atomic E-state index is 12.4. The first-order chi connectivity index (χ1) is 14.5. The first-order valence-electron chi connectivity index (χ1n) is 10.1. The molecule has 0 saturated heterocycles. The Bertz CT molecular complexity index is 1030. The topological polar surface area (TPSA) is 76.9 Å². The lowest BCUT2D eigenvalue weighted by Gasteiger charge is -2.09. The van der Waals surface area contributed by atoms with Crippen molar-refractivity contribution in [2.45, 2.75) is 51.7 Å². The summed E-state index contributed by atoms with van der Waals surface area (Å²) in [6.07, 6.45) is 3.14. The Hall–Kier alpha value is -2.45. The van der Waals surface area contributed by atoms with E-state index in [9.17, 15) is 9.59 Å². The largest absolute Gasteiger partial charge is 0.325 e. The Kier molecular flexibility index (Phi) is 7.81. The third-order valence-corrected chi connectivity index (χ3v) is 6.42. The molecule has 1 amide bonds. The summed E-state index contributed by atoms with van der Waals surface area (Å²) >= 11 is 3.12. The van der Waals surface area contributed by atoms with Crippen molar-refractivity contribution >= 4 is 40.5 Å². The van der Waals surface area contributed by atoms with E-state index < -0.39 is 0 Å². The van der Waals surface area contributed by atoms with Gasteiger partial charge in [0.05, 0.1) is 5.75 Å². The highest BCUT2D eigenvalue weighted by Gasteiger charge is 2.16. The van der Waals surface area contributed by atoms with Crippen molar-refractivity contribution in [2.24, 2.45) is 0 Å². The highest BCUT2D eigenvalue weighted by Crippen LogP contribution is 2.28. The van der Waals surface area contributed by atoms with Crippen LogP contribution in [0.4, 0.5) is 5.69 Å². The molecule has 0 aliphatic heterocycles. The van der Waals surface area contributed by atoms with Gasteiger partial charge in [-0.2, -0.15) is 0 Å². The molecular weight excluding hydrogens is 416 g/mol. The molecule has 0 spiro atoms. The van der Waals surface area contributed by atoms with Gasteiger partial charge in [0, 0.05) is 33.6 Å². The summed E-state index contributed by atoms with van der Waals surface area (Å²) in [6, 6.07) is 9.15. The Morgan fingerprint density at radius 1 is 1.17 bits per heavy atom. The number of hydrogen-bond acceptors (Lipinski definition) is 6. The molecule has 0 bridgehead atoms. The first-order valence-corrected chi connectivity index (χ1v) is 11.9. The van der Waals surface area contributed by atoms with Gasteiger partial charge in [0.1, 0.15) is 0 Å². The molecule has 1 N–H and O–H groups in total. The Morgan fingerprint density at radius 2 is 2.00 bits per heavy atom. The van der Waals surface area contributed by atoms with E-state index in [1.807, 2.05) is 0 Å². The molecule has 6 nitrogen and oxygen atoms in total. The van der Waals surface area contributed by atoms with Gasteiger partial charge in [0.15, 0.2) is 16.8 Å². The number of hydrogen-bond donors (Lipinski definition) is 1. The maximum Gasteiger partial charge on any atom is 0.234 e. The number of thioether (sulfide) groups is 1. The molecule has 0 fully saturated rings. The zero-order valence-corrected chi connectivity index (χ0v) is 19.1. The van der Waals surface area contributed by atoms with Crippen molar-refractivity contribution in [3.63, 3.8) is 0 Å². The van der Waals surface area contributed by atoms with Gasteiger partial charge in [-0.3, -0.25) is 9.59 Å². The van der Waals surface area contributed by atoms with Crippen LogP contribution >= 0.6 is 23.1 Å². The van der Waals surface area contributed by atoms with E-state index >= 15 is 0 Å². The zero-order chi connectivity index (χ0) is 21.5. The van der Waals surface area contributed by atoms with E-state index in [0.717, 1.165) is 42.4 Å². The Labute approximate surface area is 185 Å². The standard InChI is InChI=1S/C22H26N4O2S2/c1-4-7-19-12-17(13-29-19)21-24-25-22(26(21)10-5-2)30-14-20(28)23-18-9-6-8-16(11-18)15(3)27/h6,8-9,11-13H,4-5,7,10,14H2,1-3H3,(H,23,28). The number of nitrogens with zero attached hydrogens (tertiary/aromatic N) is 3. The molecule has 30 heavy (non-hydrogen) atoms. The van der Waals surface area contributed by atoms with E-state index in [1.165, 1.54) is 23.6 Å². The van der Waals surface area contributed by atoms with Gasteiger partial charge in [-0.15, -0.1) is 21.5 Å². The SMILES string of the molecule is CCCc1cc(-c2nnc(SCC(=O)Nc3cccc(C(C)=O)c3)n2CCC)cs1. The number of benzene rings is 1. The normalized spacial score (nSPS) is 10.9. The van der Waals surface area contributed by atoms with Crippen LogP contribution in [-0.2, 0) is 17.8 Å². The van der Waals surface area contributed by atoms with E-state index in [4.69, 9.17) is 0 Å². The average Bonchev–Trinajstić information content (AvgIpc) is 3.34. The number of carbonyl (C=O) groups is 2. The second-order valence-electron chi connectivity index (χ2n) is 6.98. The number of rotatable bonds is 10. The summed E-state index contributed by atoms with van der Waals surface area (Å²) in [5.74, 6) is 0.898. The summed E-state index contributed by atoms with van der Waals surface area (Å²) < 4.78 is 2.09. The highest BCUT2D eigenvalue weighted by molar-refractivity contribution is 7.99. The maximum atomic E-state index is 12.4. The molecule has 0 radical (unpaired) electrons. The van der Waals surface area contributed by atoms with E-state index in [1.54, 1.807) is 35.6 Å². The third-order valence-electron chi connectivity index (χ3n) is 4.46. The average molecular weight is 443 g/mol. The van der Waals surface area contributed by atoms with Crippen molar-refractivity contribution in [1.82, 2.24) is 14.8 Å². The van der Waals surface area contributed by atoms with Gasteiger partial charge in [0.25, 0.3) is 0 Å². The van der Waals surface area contributed by atoms with Crippen LogP contribution in [0.1, 0.15) is 48.8 Å². The molecule has 0 atom stereocenters. The first kappa shape index (κ1) is 22.2. The fourth-order valence-electron chi connectivity index (χ4n) is 3.05. The Balaban J connectivity index is 1.68. The monoisotopic (exact) mass is 442 g/mol. The number of aromatic nitrogens is 3. The van der Waals surface area contributed by atoms with Gasteiger partial charge in [-0.05, 0) is 38.0 Å². The van der Waals surface area contributed by atoms with Gasteiger partial charge >= 0.3 is 0 Å². The molecule has 158 valence electrons. The molecule has 1 aromatic carbocycles. The third kappa shape index (κ3) is 5.58. The molecule has 3 rings (SSSR count).